The van der Waals surface area contributed by atoms with E-state index < -0.39 is 0 Å². The highest BCUT2D eigenvalue weighted by Gasteiger charge is 2.19. The van der Waals surface area contributed by atoms with Gasteiger partial charge in [-0.25, -0.2) is 0 Å². The fourth-order valence-electron chi connectivity index (χ4n) is 2.02. The molecule has 0 unspecified atom stereocenters. The number of nitrogen functional groups attached to an aromatic ring is 1. The minimum atomic E-state index is 0.217. The molecule has 1 aliphatic heterocycles. The summed E-state index contributed by atoms with van der Waals surface area (Å²) < 4.78 is 5.43. The number of rotatable bonds is 5. The van der Waals surface area contributed by atoms with Crippen molar-refractivity contribution in [1.82, 2.24) is 19.9 Å². The molecule has 1 fully saturated rings. The second kappa shape index (κ2) is 6.51. The van der Waals surface area contributed by atoms with Crippen LogP contribution in [0.5, 0.6) is 6.01 Å². The summed E-state index contributed by atoms with van der Waals surface area (Å²) in [6.07, 6.45) is 0.913. The SMILES string of the molecule is CCCOc1nc(N)nc(N2CCN(CC)CC2)n1. The van der Waals surface area contributed by atoms with Crippen molar-refractivity contribution in [2.75, 3.05) is 50.0 Å². The van der Waals surface area contributed by atoms with Crippen LogP contribution in [0, 0.1) is 0 Å². The molecule has 0 radical (unpaired) electrons. The molecule has 0 atom stereocenters. The first-order valence-corrected chi connectivity index (χ1v) is 6.84. The van der Waals surface area contributed by atoms with Crippen molar-refractivity contribution in [3.8, 4) is 6.01 Å². The lowest BCUT2D eigenvalue weighted by Crippen LogP contribution is -2.46. The topological polar surface area (TPSA) is 80.4 Å². The van der Waals surface area contributed by atoms with Crippen LogP contribution in [0.4, 0.5) is 11.9 Å². The zero-order valence-electron chi connectivity index (χ0n) is 11.7. The van der Waals surface area contributed by atoms with Gasteiger partial charge in [0, 0.05) is 26.2 Å². The first kappa shape index (κ1) is 13.8. The Balaban J connectivity index is 2.05. The Hall–Kier alpha value is -1.63. The lowest BCUT2D eigenvalue weighted by Gasteiger charge is -2.33. The fraction of sp³-hybridized carbons (Fsp3) is 0.750. The minimum Gasteiger partial charge on any atom is -0.463 e. The summed E-state index contributed by atoms with van der Waals surface area (Å²) >= 11 is 0. The Labute approximate surface area is 113 Å². The molecule has 0 saturated carbocycles. The molecule has 19 heavy (non-hydrogen) atoms. The van der Waals surface area contributed by atoms with Crippen molar-refractivity contribution >= 4 is 11.9 Å². The van der Waals surface area contributed by atoms with Crippen LogP contribution in [0.15, 0.2) is 0 Å². The smallest absolute Gasteiger partial charge is 0.323 e. The standard InChI is InChI=1S/C12H22N6O/c1-3-9-19-12-15-10(13)14-11(16-12)18-7-5-17(4-2)6-8-18/h3-9H2,1-2H3,(H2,13,14,15,16). The van der Waals surface area contributed by atoms with E-state index in [0.29, 0.717) is 18.6 Å². The third-order valence-corrected chi connectivity index (χ3v) is 3.16. The van der Waals surface area contributed by atoms with Gasteiger partial charge in [0.2, 0.25) is 11.9 Å². The summed E-state index contributed by atoms with van der Waals surface area (Å²) in [4.78, 5) is 17.0. The van der Waals surface area contributed by atoms with Crippen LogP contribution in [0.25, 0.3) is 0 Å². The molecule has 2 heterocycles. The van der Waals surface area contributed by atoms with Crippen LogP contribution in [0.3, 0.4) is 0 Å². The van der Waals surface area contributed by atoms with Gasteiger partial charge in [-0.2, -0.15) is 15.0 Å². The minimum absolute atomic E-state index is 0.217. The predicted molar refractivity (Wildman–Crippen MR) is 74.4 cm³/mol. The molecular formula is C12H22N6O. The van der Waals surface area contributed by atoms with Gasteiger partial charge in [0.15, 0.2) is 0 Å². The number of ether oxygens (including phenoxy) is 1. The maximum atomic E-state index is 5.71. The summed E-state index contributed by atoms with van der Waals surface area (Å²) in [7, 11) is 0. The molecule has 1 aromatic heterocycles. The van der Waals surface area contributed by atoms with E-state index in [0.717, 1.165) is 39.1 Å². The Bertz CT molecular complexity index is 405. The van der Waals surface area contributed by atoms with Crippen LogP contribution in [0.1, 0.15) is 20.3 Å². The van der Waals surface area contributed by atoms with Crippen LogP contribution in [0.2, 0.25) is 0 Å². The van der Waals surface area contributed by atoms with Crippen molar-refractivity contribution in [3.05, 3.63) is 0 Å². The Morgan fingerprint density at radius 3 is 2.47 bits per heavy atom. The van der Waals surface area contributed by atoms with E-state index in [4.69, 9.17) is 10.5 Å². The van der Waals surface area contributed by atoms with Gasteiger partial charge in [0.05, 0.1) is 6.61 Å². The van der Waals surface area contributed by atoms with Crippen LogP contribution >= 0.6 is 0 Å². The Kier molecular flexibility index (Phi) is 4.73. The lowest BCUT2D eigenvalue weighted by atomic mass is 10.3. The maximum absolute atomic E-state index is 5.71. The number of nitrogens with zero attached hydrogens (tertiary/aromatic N) is 5. The van der Waals surface area contributed by atoms with Gasteiger partial charge in [-0.1, -0.05) is 13.8 Å². The summed E-state index contributed by atoms with van der Waals surface area (Å²) in [5, 5.41) is 0. The Morgan fingerprint density at radius 1 is 1.11 bits per heavy atom. The lowest BCUT2D eigenvalue weighted by molar-refractivity contribution is 0.267. The molecule has 7 heteroatoms. The van der Waals surface area contributed by atoms with Crippen molar-refractivity contribution in [2.45, 2.75) is 20.3 Å². The maximum Gasteiger partial charge on any atom is 0.323 e. The molecule has 1 saturated heterocycles. The molecule has 2 N–H and O–H groups in total. The number of hydrogen-bond acceptors (Lipinski definition) is 7. The summed E-state index contributed by atoms with van der Waals surface area (Å²) in [5.74, 6) is 0.836. The number of hydrogen-bond donors (Lipinski definition) is 1. The number of anilines is 2. The normalized spacial score (nSPS) is 16.6. The summed E-state index contributed by atoms with van der Waals surface area (Å²) in [6.45, 7) is 9.74. The molecular weight excluding hydrogens is 244 g/mol. The van der Waals surface area contributed by atoms with Crippen LogP contribution in [-0.2, 0) is 0 Å². The molecule has 1 aromatic rings. The first-order valence-electron chi connectivity index (χ1n) is 6.84. The van der Waals surface area contributed by atoms with Crippen molar-refractivity contribution in [2.24, 2.45) is 0 Å². The molecule has 0 amide bonds. The Morgan fingerprint density at radius 2 is 1.84 bits per heavy atom. The van der Waals surface area contributed by atoms with Gasteiger partial charge in [-0.3, -0.25) is 0 Å². The van der Waals surface area contributed by atoms with E-state index in [1.165, 1.54) is 0 Å². The molecule has 0 bridgehead atoms. The van der Waals surface area contributed by atoms with Crippen molar-refractivity contribution in [1.29, 1.82) is 0 Å². The molecule has 0 spiro atoms. The second-order valence-electron chi connectivity index (χ2n) is 4.55. The largest absolute Gasteiger partial charge is 0.463 e. The zero-order chi connectivity index (χ0) is 13.7. The van der Waals surface area contributed by atoms with Gasteiger partial charge in [0.25, 0.3) is 0 Å². The predicted octanol–water partition coefficient (Wildman–Crippen LogP) is 0.385. The summed E-state index contributed by atoms with van der Waals surface area (Å²) in [6, 6.07) is 0.322. The quantitative estimate of drug-likeness (QED) is 0.825. The summed E-state index contributed by atoms with van der Waals surface area (Å²) in [5.41, 5.74) is 5.71. The average Bonchev–Trinajstić information content (AvgIpc) is 2.44. The molecule has 2 rings (SSSR count). The highest BCUT2D eigenvalue weighted by Crippen LogP contribution is 2.15. The van der Waals surface area contributed by atoms with E-state index in [1.807, 2.05) is 6.92 Å². The van der Waals surface area contributed by atoms with Gasteiger partial charge in [-0.05, 0) is 13.0 Å². The second-order valence-corrected chi connectivity index (χ2v) is 4.55. The van der Waals surface area contributed by atoms with E-state index in [2.05, 4.69) is 31.7 Å². The van der Waals surface area contributed by atoms with E-state index >= 15 is 0 Å². The average molecular weight is 266 g/mol. The molecule has 0 aliphatic carbocycles. The fourth-order valence-corrected chi connectivity index (χ4v) is 2.02. The number of nitrogens with two attached hydrogens (primary N) is 1. The van der Waals surface area contributed by atoms with Gasteiger partial charge in [0.1, 0.15) is 0 Å². The van der Waals surface area contributed by atoms with Gasteiger partial charge in [-0.15, -0.1) is 0 Å². The van der Waals surface area contributed by atoms with Crippen LogP contribution in [-0.4, -0.2) is 59.2 Å². The molecule has 106 valence electrons. The van der Waals surface area contributed by atoms with Gasteiger partial charge < -0.3 is 20.3 Å². The third kappa shape index (κ3) is 3.66. The highest BCUT2D eigenvalue weighted by molar-refractivity contribution is 5.36. The van der Waals surface area contributed by atoms with E-state index in [9.17, 15) is 0 Å². The highest BCUT2D eigenvalue weighted by atomic mass is 16.5. The van der Waals surface area contributed by atoms with E-state index in [-0.39, 0.29) is 5.95 Å². The zero-order valence-corrected chi connectivity index (χ0v) is 11.7. The number of piperazine rings is 1. The van der Waals surface area contributed by atoms with Crippen molar-refractivity contribution in [3.63, 3.8) is 0 Å². The number of likely N-dealkylation sites (N-methyl/N-ethyl adjacent to an activating group) is 1. The third-order valence-electron chi connectivity index (χ3n) is 3.16. The van der Waals surface area contributed by atoms with Crippen LogP contribution < -0.4 is 15.4 Å². The van der Waals surface area contributed by atoms with E-state index in [1.54, 1.807) is 0 Å². The molecule has 1 aliphatic rings. The number of aromatic nitrogens is 3. The van der Waals surface area contributed by atoms with Gasteiger partial charge >= 0.3 is 6.01 Å². The molecule has 0 aromatic carbocycles. The first-order chi connectivity index (χ1) is 9.22. The monoisotopic (exact) mass is 266 g/mol. The molecule has 7 nitrogen and oxygen atoms in total. The van der Waals surface area contributed by atoms with Crippen molar-refractivity contribution < 1.29 is 4.74 Å².